The average Bonchev–Trinajstić information content (AvgIpc) is 3.12. The van der Waals surface area contributed by atoms with Crippen molar-refractivity contribution in [1.29, 1.82) is 0 Å². The number of hydrogen-bond acceptors (Lipinski definition) is 5. The summed E-state index contributed by atoms with van der Waals surface area (Å²) in [5.41, 5.74) is 0.342. The molecule has 7 nitrogen and oxygen atoms in total. The van der Waals surface area contributed by atoms with E-state index < -0.39 is 11.5 Å². The van der Waals surface area contributed by atoms with E-state index in [2.05, 4.69) is 0 Å². The van der Waals surface area contributed by atoms with E-state index in [9.17, 15) is 19.5 Å². The number of carbonyl (C=O) groups excluding carboxylic acids is 2. The molecule has 1 atom stereocenters. The van der Waals surface area contributed by atoms with Crippen LogP contribution in [0.5, 0.6) is 5.75 Å². The minimum absolute atomic E-state index is 0.00653. The normalized spacial score (nSPS) is 16.2. The van der Waals surface area contributed by atoms with E-state index in [-0.39, 0.29) is 36.3 Å². The summed E-state index contributed by atoms with van der Waals surface area (Å²) in [4.78, 5) is 39.8. The molecule has 154 valence electrons. The van der Waals surface area contributed by atoms with Gasteiger partial charge in [-0.3, -0.25) is 9.59 Å². The maximum absolute atomic E-state index is 13.1. The summed E-state index contributed by atoms with van der Waals surface area (Å²) in [6.45, 7) is 2.45. The lowest BCUT2D eigenvalue weighted by Gasteiger charge is -2.19. The van der Waals surface area contributed by atoms with Crippen LogP contribution in [-0.2, 0) is 16.1 Å². The standard InChI is InChI=1S/C23H22N2O5/c1-2-30-23(29)20-21(27)17-10-6-7-11-18(17)25(22(20)28)14-15-12-19(26)24(13-15)16-8-4-3-5-9-16/h3-11,15,27H,2,12-14H2,1H3. The number of anilines is 1. The molecule has 30 heavy (non-hydrogen) atoms. The molecule has 1 aliphatic heterocycles. The topological polar surface area (TPSA) is 88.8 Å². The SMILES string of the molecule is CCOC(=O)c1c(O)c2ccccc2n(CC2CC(=O)N(c3ccccc3)C2)c1=O. The second-order valence-corrected chi connectivity index (χ2v) is 7.29. The van der Waals surface area contributed by atoms with Gasteiger partial charge in [-0.2, -0.15) is 0 Å². The van der Waals surface area contributed by atoms with E-state index in [1.54, 1.807) is 36.1 Å². The van der Waals surface area contributed by atoms with Crippen LogP contribution in [0.3, 0.4) is 0 Å². The number of rotatable bonds is 5. The van der Waals surface area contributed by atoms with E-state index in [1.165, 1.54) is 4.57 Å². The Balaban J connectivity index is 1.73. The third kappa shape index (κ3) is 3.43. The smallest absolute Gasteiger partial charge is 0.347 e. The number of hydrogen-bond donors (Lipinski definition) is 1. The van der Waals surface area contributed by atoms with Gasteiger partial charge in [-0.25, -0.2) is 4.79 Å². The number of para-hydroxylation sites is 2. The van der Waals surface area contributed by atoms with Crippen molar-refractivity contribution in [2.45, 2.75) is 19.9 Å². The maximum Gasteiger partial charge on any atom is 0.347 e. The fourth-order valence-electron chi connectivity index (χ4n) is 3.98. The van der Waals surface area contributed by atoms with Gasteiger partial charge in [-0.15, -0.1) is 0 Å². The van der Waals surface area contributed by atoms with E-state index in [4.69, 9.17) is 4.74 Å². The molecule has 1 aromatic heterocycles. The Labute approximate surface area is 173 Å². The number of carbonyl (C=O) groups is 2. The Morgan fingerprint density at radius 2 is 1.80 bits per heavy atom. The molecular formula is C23H22N2O5. The summed E-state index contributed by atoms with van der Waals surface area (Å²) < 4.78 is 6.45. The summed E-state index contributed by atoms with van der Waals surface area (Å²) in [6.07, 6.45) is 0.297. The minimum Gasteiger partial charge on any atom is -0.506 e. The monoisotopic (exact) mass is 406 g/mol. The molecule has 0 bridgehead atoms. The minimum atomic E-state index is -0.854. The van der Waals surface area contributed by atoms with Crippen LogP contribution in [0.4, 0.5) is 5.69 Å². The highest BCUT2D eigenvalue weighted by Gasteiger charge is 2.32. The first-order valence-electron chi connectivity index (χ1n) is 9.88. The number of aromatic hydroxyl groups is 1. The zero-order chi connectivity index (χ0) is 21.3. The van der Waals surface area contributed by atoms with Crippen LogP contribution < -0.4 is 10.5 Å². The van der Waals surface area contributed by atoms with E-state index in [0.717, 1.165) is 5.69 Å². The van der Waals surface area contributed by atoms with Crippen molar-refractivity contribution in [2.75, 3.05) is 18.1 Å². The van der Waals surface area contributed by atoms with Gasteiger partial charge in [0, 0.05) is 36.5 Å². The second-order valence-electron chi connectivity index (χ2n) is 7.29. The molecule has 0 spiro atoms. The molecule has 0 aliphatic carbocycles. The molecule has 1 fully saturated rings. The van der Waals surface area contributed by atoms with Gasteiger partial charge in [0.1, 0.15) is 5.75 Å². The molecule has 1 unspecified atom stereocenters. The predicted octanol–water partition coefficient (Wildman–Crippen LogP) is 2.94. The summed E-state index contributed by atoms with van der Waals surface area (Å²) in [5, 5.41) is 11.0. The predicted molar refractivity (Wildman–Crippen MR) is 113 cm³/mol. The highest BCUT2D eigenvalue weighted by molar-refractivity contribution is 5.99. The largest absolute Gasteiger partial charge is 0.506 e. The lowest BCUT2D eigenvalue weighted by molar-refractivity contribution is -0.117. The molecule has 4 rings (SSSR count). The number of amides is 1. The van der Waals surface area contributed by atoms with Gasteiger partial charge < -0.3 is 19.3 Å². The van der Waals surface area contributed by atoms with Crippen LogP contribution in [0.15, 0.2) is 59.4 Å². The second kappa shape index (κ2) is 8.02. The molecule has 0 saturated carbocycles. The molecule has 7 heteroatoms. The summed E-state index contributed by atoms with van der Waals surface area (Å²) in [7, 11) is 0. The van der Waals surface area contributed by atoms with Crippen molar-refractivity contribution in [3.63, 3.8) is 0 Å². The number of esters is 1. The Morgan fingerprint density at radius 3 is 2.53 bits per heavy atom. The van der Waals surface area contributed by atoms with E-state index in [0.29, 0.717) is 23.9 Å². The number of aromatic nitrogens is 1. The van der Waals surface area contributed by atoms with Gasteiger partial charge in [0.05, 0.1) is 12.1 Å². The third-order valence-electron chi connectivity index (χ3n) is 5.34. The average molecular weight is 406 g/mol. The molecule has 3 aromatic rings. The molecule has 1 saturated heterocycles. The van der Waals surface area contributed by atoms with Crippen molar-refractivity contribution in [3.8, 4) is 5.75 Å². The lowest BCUT2D eigenvalue weighted by Crippen LogP contribution is -2.31. The van der Waals surface area contributed by atoms with Gasteiger partial charge in [0.15, 0.2) is 5.56 Å². The molecule has 0 radical (unpaired) electrons. The van der Waals surface area contributed by atoms with Gasteiger partial charge in [0.25, 0.3) is 5.56 Å². The fraction of sp³-hybridized carbons (Fsp3) is 0.261. The van der Waals surface area contributed by atoms with Crippen LogP contribution in [0.2, 0.25) is 0 Å². The van der Waals surface area contributed by atoms with Crippen LogP contribution in [0, 0.1) is 5.92 Å². The van der Waals surface area contributed by atoms with Crippen LogP contribution in [0.1, 0.15) is 23.7 Å². The van der Waals surface area contributed by atoms with Gasteiger partial charge in [-0.1, -0.05) is 30.3 Å². The first-order chi connectivity index (χ1) is 14.5. The molecule has 1 N–H and O–H groups in total. The fourth-order valence-corrected chi connectivity index (χ4v) is 3.98. The number of ether oxygens (including phenoxy) is 1. The number of fused-ring (bicyclic) bond motifs is 1. The van der Waals surface area contributed by atoms with E-state index in [1.807, 2.05) is 30.3 Å². The summed E-state index contributed by atoms with van der Waals surface area (Å²) in [6, 6.07) is 16.2. The Hall–Kier alpha value is -3.61. The summed E-state index contributed by atoms with van der Waals surface area (Å²) in [5.74, 6) is -1.35. The number of nitrogens with zero attached hydrogens (tertiary/aromatic N) is 2. The number of benzene rings is 2. The van der Waals surface area contributed by atoms with Crippen molar-refractivity contribution in [3.05, 3.63) is 70.5 Å². The van der Waals surface area contributed by atoms with Crippen LogP contribution in [0.25, 0.3) is 10.9 Å². The maximum atomic E-state index is 13.1. The summed E-state index contributed by atoms with van der Waals surface area (Å²) >= 11 is 0. The van der Waals surface area contributed by atoms with Gasteiger partial charge >= 0.3 is 5.97 Å². The third-order valence-corrected chi connectivity index (χ3v) is 5.34. The molecular weight excluding hydrogens is 384 g/mol. The quantitative estimate of drug-likeness (QED) is 0.658. The lowest BCUT2D eigenvalue weighted by atomic mass is 10.1. The van der Waals surface area contributed by atoms with Crippen molar-refractivity contribution in [1.82, 2.24) is 4.57 Å². The first kappa shape index (κ1) is 19.7. The van der Waals surface area contributed by atoms with Crippen LogP contribution in [-0.4, -0.2) is 34.7 Å². The van der Waals surface area contributed by atoms with Crippen molar-refractivity contribution >= 4 is 28.5 Å². The Bertz CT molecular complexity index is 1170. The molecule has 2 aromatic carbocycles. The van der Waals surface area contributed by atoms with E-state index >= 15 is 0 Å². The van der Waals surface area contributed by atoms with Crippen molar-refractivity contribution < 1.29 is 19.4 Å². The molecule has 1 aliphatic rings. The van der Waals surface area contributed by atoms with Gasteiger partial charge in [-0.05, 0) is 31.2 Å². The highest BCUT2D eigenvalue weighted by atomic mass is 16.5. The Morgan fingerprint density at radius 1 is 1.10 bits per heavy atom. The van der Waals surface area contributed by atoms with Gasteiger partial charge in [0.2, 0.25) is 5.91 Å². The zero-order valence-electron chi connectivity index (χ0n) is 16.6. The van der Waals surface area contributed by atoms with Crippen molar-refractivity contribution in [2.24, 2.45) is 5.92 Å². The highest BCUT2D eigenvalue weighted by Crippen LogP contribution is 2.30. The molecule has 1 amide bonds. The van der Waals surface area contributed by atoms with Crippen LogP contribution >= 0.6 is 0 Å². The zero-order valence-corrected chi connectivity index (χ0v) is 16.6. The molecule has 2 heterocycles. The first-order valence-corrected chi connectivity index (χ1v) is 9.88. The Kier molecular flexibility index (Phi) is 5.27. The number of pyridine rings is 1.